The molecule has 2 aromatic carbocycles. The highest BCUT2D eigenvalue weighted by Crippen LogP contribution is 2.24. The topological polar surface area (TPSA) is 21.3 Å². The van der Waals surface area contributed by atoms with Gasteiger partial charge in [-0.15, -0.1) is 0 Å². The molecule has 0 spiro atoms. The molecule has 22 heavy (non-hydrogen) atoms. The van der Waals surface area contributed by atoms with Gasteiger partial charge in [0.15, 0.2) is 0 Å². The molecule has 0 aliphatic heterocycles. The number of rotatable bonds is 7. The van der Waals surface area contributed by atoms with Crippen LogP contribution in [0.1, 0.15) is 31.4 Å². The highest BCUT2D eigenvalue weighted by molar-refractivity contribution is 9.10. The Labute approximate surface area is 146 Å². The molecule has 0 fully saturated rings. The fourth-order valence-corrected chi connectivity index (χ4v) is 2.66. The average Bonchev–Trinajstić information content (AvgIpc) is 2.51. The van der Waals surface area contributed by atoms with Crippen LogP contribution in [0.15, 0.2) is 46.9 Å². The van der Waals surface area contributed by atoms with Crippen molar-refractivity contribution in [1.29, 1.82) is 0 Å². The van der Waals surface area contributed by atoms with Crippen molar-refractivity contribution in [2.75, 3.05) is 0 Å². The first kappa shape index (κ1) is 17.3. The van der Waals surface area contributed by atoms with Crippen molar-refractivity contribution in [3.05, 3.63) is 63.1 Å². The number of halogens is 2. The molecule has 4 heteroatoms. The Kier molecular flexibility index (Phi) is 6.74. The molecule has 2 aromatic rings. The molecule has 2 rings (SSSR count). The van der Waals surface area contributed by atoms with E-state index in [1.807, 2.05) is 36.4 Å². The first-order valence-electron chi connectivity index (χ1n) is 7.47. The van der Waals surface area contributed by atoms with Crippen LogP contribution < -0.4 is 10.1 Å². The Morgan fingerprint density at radius 1 is 1.23 bits per heavy atom. The minimum absolute atomic E-state index is 0.486. The molecular weight excluding hydrogens is 362 g/mol. The zero-order chi connectivity index (χ0) is 15.9. The Balaban J connectivity index is 2.06. The molecule has 0 aromatic heterocycles. The summed E-state index contributed by atoms with van der Waals surface area (Å²) in [6.07, 6.45) is 1.10. The van der Waals surface area contributed by atoms with Gasteiger partial charge >= 0.3 is 0 Å². The molecule has 1 atom stereocenters. The first-order chi connectivity index (χ1) is 10.6. The van der Waals surface area contributed by atoms with E-state index in [1.165, 1.54) is 0 Å². The van der Waals surface area contributed by atoms with Crippen LogP contribution >= 0.6 is 27.5 Å². The van der Waals surface area contributed by atoms with E-state index in [0.29, 0.717) is 12.6 Å². The molecule has 0 aliphatic carbocycles. The summed E-state index contributed by atoms with van der Waals surface area (Å²) in [7, 11) is 0. The summed E-state index contributed by atoms with van der Waals surface area (Å²) in [4.78, 5) is 0. The predicted octanol–water partition coefficient (Wildman–Crippen LogP) is 5.57. The third-order valence-corrected chi connectivity index (χ3v) is 4.29. The number of benzene rings is 2. The van der Waals surface area contributed by atoms with E-state index in [9.17, 15) is 0 Å². The van der Waals surface area contributed by atoms with Crippen molar-refractivity contribution in [3.8, 4) is 5.75 Å². The quantitative estimate of drug-likeness (QED) is 0.676. The maximum absolute atomic E-state index is 6.01. The molecule has 1 N–H and O–H groups in total. The molecular formula is C18H21BrClNO. The number of hydrogen-bond donors (Lipinski definition) is 1. The number of nitrogens with one attached hydrogen (secondary N) is 1. The first-order valence-corrected chi connectivity index (χ1v) is 8.64. The third-order valence-electron chi connectivity index (χ3n) is 3.56. The smallest absolute Gasteiger partial charge is 0.124 e. The summed E-state index contributed by atoms with van der Waals surface area (Å²) in [6, 6.07) is 14.3. The van der Waals surface area contributed by atoms with Crippen molar-refractivity contribution in [2.45, 2.75) is 39.5 Å². The summed E-state index contributed by atoms with van der Waals surface area (Å²) >= 11 is 9.53. The summed E-state index contributed by atoms with van der Waals surface area (Å²) in [5, 5.41) is 4.23. The van der Waals surface area contributed by atoms with Crippen LogP contribution in [0.3, 0.4) is 0 Å². The van der Waals surface area contributed by atoms with Gasteiger partial charge in [0.1, 0.15) is 12.4 Å². The molecule has 2 nitrogen and oxygen atoms in total. The monoisotopic (exact) mass is 381 g/mol. The summed E-state index contributed by atoms with van der Waals surface area (Å²) in [5.41, 5.74) is 2.22. The van der Waals surface area contributed by atoms with Gasteiger partial charge < -0.3 is 10.1 Å². The molecule has 118 valence electrons. The van der Waals surface area contributed by atoms with E-state index >= 15 is 0 Å². The second kappa shape index (κ2) is 8.56. The Hall–Kier alpha value is -1.03. The van der Waals surface area contributed by atoms with E-state index in [0.717, 1.165) is 39.3 Å². The van der Waals surface area contributed by atoms with Crippen LogP contribution in [0.5, 0.6) is 5.75 Å². The third kappa shape index (κ3) is 5.31. The predicted molar refractivity (Wildman–Crippen MR) is 96.5 cm³/mol. The van der Waals surface area contributed by atoms with Gasteiger partial charge in [-0.1, -0.05) is 46.6 Å². The lowest BCUT2D eigenvalue weighted by Gasteiger charge is -2.15. The van der Waals surface area contributed by atoms with Crippen LogP contribution in [0.2, 0.25) is 5.02 Å². The molecule has 0 saturated heterocycles. The van der Waals surface area contributed by atoms with Crippen LogP contribution in [-0.2, 0) is 13.2 Å². The zero-order valence-corrected chi connectivity index (χ0v) is 15.2. The SMILES string of the molecule is CC[C@H](C)NCc1cc(Br)ccc1OCc1cccc(Cl)c1. The normalized spacial score (nSPS) is 12.2. The van der Waals surface area contributed by atoms with Crippen LogP contribution in [-0.4, -0.2) is 6.04 Å². The molecule has 0 bridgehead atoms. The fourth-order valence-electron chi connectivity index (χ4n) is 2.04. The van der Waals surface area contributed by atoms with Crippen molar-refractivity contribution in [3.63, 3.8) is 0 Å². The zero-order valence-electron chi connectivity index (χ0n) is 12.9. The Bertz CT molecular complexity index is 618. The van der Waals surface area contributed by atoms with Gasteiger partial charge in [-0.3, -0.25) is 0 Å². The maximum atomic E-state index is 6.01. The molecule has 0 amide bonds. The van der Waals surface area contributed by atoms with E-state index in [4.69, 9.17) is 16.3 Å². The molecule has 0 heterocycles. The standard InChI is InChI=1S/C18H21BrClNO/c1-3-13(2)21-11-15-10-16(19)7-8-18(15)22-12-14-5-4-6-17(20)9-14/h4-10,13,21H,3,11-12H2,1-2H3/t13-/m0/s1. The van der Waals surface area contributed by atoms with Gasteiger partial charge in [-0.05, 0) is 49.2 Å². The Morgan fingerprint density at radius 2 is 2.05 bits per heavy atom. The highest BCUT2D eigenvalue weighted by Gasteiger charge is 2.07. The number of hydrogen-bond acceptors (Lipinski definition) is 2. The number of ether oxygens (including phenoxy) is 1. The minimum Gasteiger partial charge on any atom is -0.489 e. The lowest BCUT2D eigenvalue weighted by atomic mass is 10.1. The van der Waals surface area contributed by atoms with E-state index in [-0.39, 0.29) is 0 Å². The summed E-state index contributed by atoms with van der Waals surface area (Å²) in [5.74, 6) is 0.902. The van der Waals surface area contributed by atoms with Gasteiger partial charge in [-0.25, -0.2) is 0 Å². The Morgan fingerprint density at radius 3 is 2.77 bits per heavy atom. The lowest BCUT2D eigenvalue weighted by molar-refractivity contribution is 0.301. The van der Waals surface area contributed by atoms with Gasteiger partial charge in [0, 0.05) is 27.6 Å². The van der Waals surface area contributed by atoms with Gasteiger partial charge in [0.25, 0.3) is 0 Å². The lowest BCUT2D eigenvalue weighted by Crippen LogP contribution is -2.24. The van der Waals surface area contributed by atoms with Gasteiger partial charge in [-0.2, -0.15) is 0 Å². The molecule has 0 aliphatic rings. The maximum Gasteiger partial charge on any atom is 0.124 e. The van der Waals surface area contributed by atoms with Crippen LogP contribution in [0.4, 0.5) is 0 Å². The average molecular weight is 383 g/mol. The molecule has 0 saturated carbocycles. The van der Waals surface area contributed by atoms with Crippen LogP contribution in [0.25, 0.3) is 0 Å². The largest absolute Gasteiger partial charge is 0.489 e. The van der Waals surface area contributed by atoms with E-state index in [1.54, 1.807) is 0 Å². The van der Waals surface area contributed by atoms with Gasteiger partial charge in [0.2, 0.25) is 0 Å². The van der Waals surface area contributed by atoms with Crippen molar-refractivity contribution in [1.82, 2.24) is 5.32 Å². The van der Waals surface area contributed by atoms with Crippen LogP contribution in [0, 0.1) is 0 Å². The summed E-state index contributed by atoms with van der Waals surface area (Å²) in [6.45, 7) is 5.66. The van der Waals surface area contributed by atoms with Crippen molar-refractivity contribution < 1.29 is 4.74 Å². The van der Waals surface area contributed by atoms with Crippen molar-refractivity contribution in [2.24, 2.45) is 0 Å². The summed E-state index contributed by atoms with van der Waals surface area (Å²) < 4.78 is 7.04. The highest BCUT2D eigenvalue weighted by atomic mass is 79.9. The minimum atomic E-state index is 0.486. The molecule has 0 radical (unpaired) electrons. The van der Waals surface area contributed by atoms with Crippen molar-refractivity contribution >= 4 is 27.5 Å². The van der Waals surface area contributed by atoms with E-state index in [2.05, 4.69) is 41.2 Å². The molecule has 0 unspecified atom stereocenters. The second-order valence-corrected chi connectivity index (χ2v) is 6.71. The van der Waals surface area contributed by atoms with Gasteiger partial charge in [0.05, 0.1) is 0 Å². The van der Waals surface area contributed by atoms with E-state index < -0.39 is 0 Å². The fraction of sp³-hybridized carbons (Fsp3) is 0.333. The second-order valence-electron chi connectivity index (χ2n) is 5.36.